The van der Waals surface area contributed by atoms with Crippen LogP contribution in [0.4, 0.5) is 8.78 Å². The third-order valence-electron chi connectivity index (χ3n) is 2.63. The first-order valence-electron chi connectivity index (χ1n) is 5.66. The van der Waals surface area contributed by atoms with Gasteiger partial charge in [0.1, 0.15) is 11.6 Å². The summed E-state index contributed by atoms with van der Waals surface area (Å²) < 4.78 is 27.1. The lowest BCUT2D eigenvalue weighted by Crippen LogP contribution is -2.16. The zero-order valence-electron chi connectivity index (χ0n) is 9.95. The molecule has 0 saturated carbocycles. The molecule has 0 bridgehead atoms. The van der Waals surface area contributed by atoms with Crippen molar-refractivity contribution < 1.29 is 8.78 Å². The van der Waals surface area contributed by atoms with E-state index in [0.29, 0.717) is 10.8 Å². The maximum Gasteiger partial charge on any atom is 0.130 e. The van der Waals surface area contributed by atoms with Gasteiger partial charge in [0.2, 0.25) is 0 Å². The standard InChI is InChI=1S/C14H12ClF2NS/c15-9-4-1-2-7-13(9)19-8-12(18)14-10(16)5-3-6-11(14)17/h1-7,12H,8,18H2. The van der Waals surface area contributed by atoms with E-state index in [-0.39, 0.29) is 5.56 Å². The molecular weight excluding hydrogens is 288 g/mol. The molecule has 2 N–H and O–H groups in total. The van der Waals surface area contributed by atoms with Crippen LogP contribution in [0, 0.1) is 11.6 Å². The molecule has 0 aromatic heterocycles. The summed E-state index contributed by atoms with van der Waals surface area (Å²) >= 11 is 7.38. The first-order chi connectivity index (χ1) is 9.09. The Bertz CT molecular complexity index is 557. The van der Waals surface area contributed by atoms with Crippen LogP contribution in [0.1, 0.15) is 11.6 Å². The van der Waals surface area contributed by atoms with E-state index in [1.807, 2.05) is 18.2 Å². The molecule has 2 rings (SSSR count). The van der Waals surface area contributed by atoms with Crippen LogP contribution in [-0.2, 0) is 0 Å². The number of nitrogens with two attached hydrogens (primary N) is 1. The zero-order chi connectivity index (χ0) is 13.8. The molecule has 0 amide bonds. The lowest BCUT2D eigenvalue weighted by atomic mass is 10.1. The second-order valence-electron chi connectivity index (χ2n) is 3.98. The summed E-state index contributed by atoms with van der Waals surface area (Å²) in [6.07, 6.45) is 0. The molecule has 19 heavy (non-hydrogen) atoms. The monoisotopic (exact) mass is 299 g/mol. The van der Waals surface area contributed by atoms with E-state index in [1.165, 1.54) is 30.0 Å². The van der Waals surface area contributed by atoms with Gasteiger partial charge < -0.3 is 5.73 Å². The van der Waals surface area contributed by atoms with E-state index in [4.69, 9.17) is 17.3 Å². The molecule has 0 saturated heterocycles. The molecule has 1 unspecified atom stereocenters. The number of hydrogen-bond acceptors (Lipinski definition) is 2. The van der Waals surface area contributed by atoms with Crippen LogP contribution in [0.15, 0.2) is 47.4 Å². The third-order valence-corrected chi connectivity index (χ3v) is 4.26. The first kappa shape index (κ1) is 14.3. The summed E-state index contributed by atoms with van der Waals surface area (Å²) in [5.74, 6) is -0.888. The largest absolute Gasteiger partial charge is 0.323 e. The summed E-state index contributed by atoms with van der Waals surface area (Å²) in [6.45, 7) is 0. The number of rotatable bonds is 4. The van der Waals surface area contributed by atoms with Crippen molar-refractivity contribution in [3.63, 3.8) is 0 Å². The van der Waals surface area contributed by atoms with Gasteiger partial charge in [-0.2, -0.15) is 0 Å². The average molecular weight is 300 g/mol. The lowest BCUT2D eigenvalue weighted by molar-refractivity contribution is 0.538. The van der Waals surface area contributed by atoms with Crippen molar-refractivity contribution >= 4 is 23.4 Å². The Morgan fingerprint density at radius 2 is 1.68 bits per heavy atom. The highest BCUT2D eigenvalue weighted by Gasteiger charge is 2.16. The molecule has 0 aliphatic carbocycles. The van der Waals surface area contributed by atoms with Gasteiger partial charge in [0.25, 0.3) is 0 Å². The Balaban J connectivity index is 2.10. The summed E-state index contributed by atoms with van der Waals surface area (Å²) in [4.78, 5) is 0.844. The first-order valence-corrected chi connectivity index (χ1v) is 7.02. The molecule has 0 aliphatic rings. The number of thioether (sulfide) groups is 1. The van der Waals surface area contributed by atoms with Crippen molar-refractivity contribution in [1.29, 1.82) is 0 Å². The second kappa shape index (κ2) is 6.37. The van der Waals surface area contributed by atoms with Crippen LogP contribution >= 0.6 is 23.4 Å². The lowest BCUT2D eigenvalue weighted by Gasteiger charge is -2.14. The van der Waals surface area contributed by atoms with Crippen molar-refractivity contribution in [2.45, 2.75) is 10.9 Å². The fraction of sp³-hybridized carbons (Fsp3) is 0.143. The molecule has 1 atom stereocenters. The quantitative estimate of drug-likeness (QED) is 0.846. The summed E-state index contributed by atoms with van der Waals surface area (Å²) in [7, 11) is 0. The highest BCUT2D eigenvalue weighted by molar-refractivity contribution is 7.99. The van der Waals surface area contributed by atoms with E-state index < -0.39 is 17.7 Å². The van der Waals surface area contributed by atoms with Crippen molar-refractivity contribution in [1.82, 2.24) is 0 Å². The molecule has 0 fully saturated rings. The minimum Gasteiger partial charge on any atom is -0.323 e. The number of hydrogen-bond donors (Lipinski definition) is 1. The van der Waals surface area contributed by atoms with Crippen LogP contribution in [0.25, 0.3) is 0 Å². The fourth-order valence-electron chi connectivity index (χ4n) is 1.69. The van der Waals surface area contributed by atoms with Crippen molar-refractivity contribution in [2.24, 2.45) is 5.73 Å². The molecule has 0 spiro atoms. The van der Waals surface area contributed by atoms with E-state index >= 15 is 0 Å². The van der Waals surface area contributed by atoms with E-state index in [0.717, 1.165) is 4.90 Å². The van der Waals surface area contributed by atoms with E-state index in [1.54, 1.807) is 6.07 Å². The van der Waals surface area contributed by atoms with Gasteiger partial charge in [0.05, 0.1) is 5.02 Å². The van der Waals surface area contributed by atoms with Crippen LogP contribution in [-0.4, -0.2) is 5.75 Å². The molecule has 0 heterocycles. The summed E-state index contributed by atoms with van der Waals surface area (Å²) in [6, 6.07) is 10.3. The summed E-state index contributed by atoms with van der Waals surface area (Å²) in [5.41, 5.74) is 5.77. The van der Waals surface area contributed by atoms with Gasteiger partial charge in [-0.3, -0.25) is 0 Å². The Morgan fingerprint density at radius 3 is 2.32 bits per heavy atom. The highest BCUT2D eigenvalue weighted by Crippen LogP contribution is 2.30. The van der Waals surface area contributed by atoms with E-state index in [9.17, 15) is 8.78 Å². The van der Waals surface area contributed by atoms with Crippen LogP contribution in [0.2, 0.25) is 5.02 Å². The van der Waals surface area contributed by atoms with Gasteiger partial charge in [-0.05, 0) is 24.3 Å². The number of halogens is 3. The molecular formula is C14H12ClF2NS. The predicted molar refractivity (Wildman–Crippen MR) is 75.5 cm³/mol. The maximum absolute atomic E-state index is 13.6. The van der Waals surface area contributed by atoms with Crippen molar-refractivity contribution in [3.8, 4) is 0 Å². The predicted octanol–water partition coefficient (Wildman–Crippen LogP) is 4.41. The SMILES string of the molecule is NC(CSc1ccccc1Cl)c1c(F)cccc1F. The van der Waals surface area contributed by atoms with Crippen LogP contribution in [0.5, 0.6) is 0 Å². The van der Waals surface area contributed by atoms with Gasteiger partial charge in [-0.1, -0.05) is 29.8 Å². The average Bonchev–Trinajstić information content (AvgIpc) is 2.37. The third kappa shape index (κ3) is 3.47. The van der Waals surface area contributed by atoms with Gasteiger partial charge in [-0.25, -0.2) is 8.78 Å². The Labute approximate surface area is 119 Å². The molecule has 0 aliphatic heterocycles. The second-order valence-corrected chi connectivity index (χ2v) is 5.45. The number of benzene rings is 2. The summed E-state index contributed by atoms with van der Waals surface area (Å²) in [5, 5.41) is 0.605. The van der Waals surface area contributed by atoms with Crippen molar-refractivity contribution in [2.75, 3.05) is 5.75 Å². The smallest absolute Gasteiger partial charge is 0.130 e. The van der Waals surface area contributed by atoms with Crippen LogP contribution < -0.4 is 5.73 Å². The normalized spacial score (nSPS) is 12.4. The minimum atomic E-state index is -0.720. The fourth-order valence-corrected chi connectivity index (χ4v) is 2.90. The highest BCUT2D eigenvalue weighted by atomic mass is 35.5. The van der Waals surface area contributed by atoms with Crippen molar-refractivity contribution in [3.05, 3.63) is 64.7 Å². The van der Waals surface area contributed by atoms with Gasteiger partial charge >= 0.3 is 0 Å². The Morgan fingerprint density at radius 1 is 1.05 bits per heavy atom. The minimum absolute atomic E-state index is 0.0814. The maximum atomic E-state index is 13.6. The molecule has 2 aromatic carbocycles. The molecule has 2 aromatic rings. The van der Waals surface area contributed by atoms with Crippen LogP contribution in [0.3, 0.4) is 0 Å². The van der Waals surface area contributed by atoms with Gasteiger partial charge in [-0.15, -0.1) is 11.8 Å². The molecule has 1 nitrogen and oxygen atoms in total. The molecule has 5 heteroatoms. The Kier molecular flexibility index (Phi) is 4.80. The van der Waals surface area contributed by atoms with Gasteiger partial charge in [0, 0.05) is 22.3 Å². The zero-order valence-corrected chi connectivity index (χ0v) is 11.5. The molecule has 0 radical (unpaired) electrons. The topological polar surface area (TPSA) is 26.0 Å². The molecule has 100 valence electrons. The Hall–Kier alpha value is -1.10. The van der Waals surface area contributed by atoms with Gasteiger partial charge in [0.15, 0.2) is 0 Å². The van der Waals surface area contributed by atoms with E-state index in [2.05, 4.69) is 0 Å².